The fourth-order valence-electron chi connectivity index (χ4n) is 5.99. The van der Waals surface area contributed by atoms with Crippen LogP contribution in [0.1, 0.15) is 98.3 Å². The van der Waals surface area contributed by atoms with E-state index in [1.165, 1.54) is 36.7 Å². The van der Waals surface area contributed by atoms with Crippen LogP contribution in [0, 0.1) is 44.5 Å². The summed E-state index contributed by atoms with van der Waals surface area (Å²) in [5.41, 5.74) is 5.04. The van der Waals surface area contributed by atoms with Crippen molar-refractivity contribution in [1.29, 1.82) is 0 Å². The summed E-state index contributed by atoms with van der Waals surface area (Å²) in [4.78, 5) is 8.67. The summed E-state index contributed by atoms with van der Waals surface area (Å²) in [5.74, 6) is -0.878. The Morgan fingerprint density at radius 2 is 1.35 bits per heavy atom. The van der Waals surface area contributed by atoms with Crippen LogP contribution in [0.3, 0.4) is 0 Å². The molecule has 269 valence electrons. The predicted octanol–water partition coefficient (Wildman–Crippen LogP) is 12.6. The maximum absolute atomic E-state index is 8.73. The molecule has 0 amide bonds. The van der Waals surface area contributed by atoms with Gasteiger partial charge >= 0.3 is 0 Å². The van der Waals surface area contributed by atoms with E-state index in [9.17, 15) is 0 Å². The standard InChI is InChI=1S/C31H30NO.C17H20N.Ir/c1-20(2)15-22-18-28(32-19-21(22)3)23-16-26-25-13-9-10-14-29(25)33-30(26)27(17-23)31(4,5)24-11-7-6-8-12-24;1-12(2)9-16-10-17(18-11-14(16)4)15-7-5-13(3)6-8-15;/h6-14,16,18-20H,15H2,1-5H3;5-7,10-12H,9H2,1-4H3;/q2*-1;/i3D3,15D2;3D3,4D3,9D2;. The van der Waals surface area contributed by atoms with Gasteiger partial charge in [0, 0.05) is 61.1 Å². The van der Waals surface area contributed by atoms with Crippen molar-refractivity contribution in [2.45, 2.75) is 80.3 Å². The zero-order valence-electron chi connectivity index (χ0n) is 43.1. The molecule has 4 aromatic carbocycles. The third-order valence-corrected chi connectivity index (χ3v) is 8.59. The topological polar surface area (TPSA) is 38.9 Å². The Hall–Kier alpha value is -4.37. The van der Waals surface area contributed by atoms with Crippen molar-refractivity contribution >= 4 is 21.9 Å². The zero-order valence-corrected chi connectivity index (χ0v) is 32.5. The van der Waals surface area contributed by atoms with Crippen molar-refractivity contribution in [2.75, 3.05) is 0 Å². The molecular weight excluding hydrogens is 813 g/mol. The third kappa shape index (κ3) is 8.63. The molecule has 3 heterocycles. The predicted molar refractivity (Wildman–Crippen MR) is 214 cm³/mol. The molecule has 3 aromatic heterocycles. The van der Waals surface area contributed by atoms with Crippen LogP contribution in [0.25, 0.3) is 44.5 Å². The average molecular weight is 876 g/mol. The Labute approximate surface area is 342 Å². The maximum atomic E-state index is 8.73. The summed E-state index contributed by atoms with van der Waals surface area (Å²) in [6.07, 6.45) is -1.26. The number of rotatable bonds is 8. The van der Waals surface area contributed by atoms with E-state index < -0.39 is 50.6 Å². The largest absolute Gasteiger partial charge is 0.500 e. The first kappa shape index (κ1) is 24.8. The van der Waals surface area contributed by atoms with Gasteiger partial charge in [0.1, 0.15) is 5.58 Å². The Balaban J connectivity index is 0.000000259. The van der Waals surface area contributed by atoms with Crippen molar-refractivity contribution in [3.63, 3.8) is 0 Å². The first-order valence-corrected chi connectivity index (χ1v) is 17.0. The fraction of sp³-hybridized carbons (Fsp3) is 0.292. The van der Waals surface area contributed by atoms with Crippen molar-refractivity contribution < 1.29 is 42.3 Å². The van der Waals surface area contributed by atoms with E-state index in [1.54, 1.807) is 33.8 Å². The first-order chi connectivity index (χ1) is 29.6. The van der Waals surface area contributed by atoms with Crippen LogP contribution in [0.5, 0.6) is 0 Å². The Morgan fingerprint density at radius 1 is 0.731 bits per heavy atom. The van der Waals surface area contributed by atoms with E-state index >= 15 is 0 Å². The Kier molecular flexibility index (Phi) is 7.88. The molecule has 3 nitrogen and oxygen atoms in total. The van der Waals surface area contributed by atoms with Gasteiger partial charge in [0.05, 0.1) is 5.58 Å². The second kappa shape index (κ2) is 16.5. The third-order valence-electron chi connectivity index (χ3n) is 8.59. The summed E-state index contributed by atoms with van der Waals surface area (Å²) in [7, 11) is 0. The van der Waals surface area contributed by atoms with Gasteiger partial charge in [0.15, 0.2) is 0 Å². The second-order valence-electron chi connectivity index (χ2n) is 13.7. The summed E-state index contributed by atoms with van der Waals surface area (Å²) >= 11 is 0. The molecule has 0 saturated carbocycles. The Bertz CT molecular complexity index is 2770. The van der Waals surface area contributed by atoms with Gasteiger partial charge in [-0.2, -0.15) is 0 Å². The van der Waals surface area contributed by atoms with E-state index in [4.69, 9.17) is 22.2 Å². The number of para-hydroxylation sites is 1. The average Bonchev–Trinajstić information content (AvgIpc) is 3.61. The normalized spacial score (nSPS) is 16.5. The van der Waals surface area contributed by atoms with E-state index in [2.05, 4.69) is 48.1 Å². The number of aromatic nitrogens is 2. The molecule has 0 aliphatic heterocycles. The molecule has 7 aromatic rings. The molecule has 1 radical (unpaired) electrons. The summed E-state index contributed by atoms with van der Waals surface area (Å²) in [5, 5.41) is 1.86. The zero-order chi connectivity index (χ0) is 47.4. The molecule has 0 unspecified atom stereocenters. The van der Waals surface area contributed by atoms with Crippen LogP contribution in [0.15, 0.2) is 108 Å². The fourth-order valence-corrected chi connectivity index (χ4v) is 5.99. The van der Waals surface area contributed by atoms with Crippen molar-refractivity contribution in [3.8, 4) is 22.5 Å². The van der Waals surface area contributed by atoms with Gasteiger partial charge in [-0.05, 0) is 72.4 Å². The molecule has 0 atom stereocenters. The number of fused-ring (bicyclic) bond motifs is 3. The quantitative estimate of drug-likeness (QED) is 0.143. The molecule has 0 N–H and O–H groups in total. The summed E-state index contributed by atoms with van der Waals surface area (Å²) in [6.45, 7) is 3.89. The minimum absolute atomic E-state index is 0. The Morgan fingerprint density at radius 3 is 1.92 bits per heavy atom. The van der Waals surface area contributed by atoms with Crippen molar-refractivity contribution in [1.82, 2.24) is 9.97 Å². The van der Waals surface area contributed by atoms with Crippen LogP contribution in [0.4, 0.5) is 0 Å². The number of nitrogens with zero attached hydrogens (tertiary/aromatic N) is 2. The van der Waals surface area contributed by atoms with Gasteiger partial charge in [-0.3, -0.25) is 0 Å². The maximum Gasteiger partial charge on any atom is 0.120 e. The van der Waals surface area contributed by atoms with Crippen molar-refractivity contribution in [3.05, 3.63) is 154 Å². The van der Waals surface area contributed by atoms with Gasteiger partial charge < -0.3 is 14.4 Å². The SMILES string of the molecule is [2H]C([2H])([2H])c1c[c-]c(-c2cc(C([2H])([2H])C(C)C)c(C([2H])([2H])[2H])cn2)cc1.[2H]C([2H])([2H])c1cnc(-c2[c-]c(C(C)(C)c3ccccc3)c3oc4ccccc4c3c2)cc1C([2H])([2H])C(C)C.[Ir]. The van der Waals surface area contributed by atoms with Gasteiger partial charge in [0.2, 0.25) is 0 Å². The molecule has 0 aliphatic rings. The molecular formula is C48H50IrN2O-2. The van der Waals surface area contributed by atoms with E-state index in [0.29, 0.717) is 22.5 Å². The minimum Gasteiger partial charge on any atom is -0.500 e. The number of hydrogen-bond donors (Lipinski definition) is 0. The van der Waals surface area contributed by atoms with E-state index in [0.717, 1.165) is 33.1 Å². The van der Waals surface area contributed by atoms with Crippen LogP contribution in [0.2, 0.25) is 0 Å². The number of hydrogen-bond acceptors (Lipinski definition) is 3. The van der Waals surface area contributed by atoms with E-state index in [1.807, 2.05) is 48.5 Å². The molecule has 0 fully saturated rings. The number of aryl methyl sites for hydroxylation is 3. The summed E-state index contributed by atoms with van der Waals surface area (Å²) < 4.78 is 110. The molecule has 4 heteroatoms. The first-order valence-electron chi connectivity index (χ1n) is 23.5. The number of benzene rings is 4. The summed E-state index contributed by atoms with van der Waals surface area (Å²) in [6, 6.07) is 33.7. The van der Waals surface area contributed by atoms with Crippen LogP contribution in [-0.4, -0.2) is 9.97 Å². The molecule has 7 rings (SSSR count). The minimum atomic E-state index is -2.49. The van der Waals surface area contributed by atoms with Gasteiger partial charge in [-0.25, -0.2) is 0 Å². The van der Waals surface area contributed by atoms with Crippen LogP contribution in [-0.2, 0) is 38.3 Å². The number of pyridine rings is 2. The molecule has 0 spiro atoms. The monoisotopic (exact) mass is 876 g/mol. The van der Waals surface area contributed by atoms with Crippen LogP contribution >= 0.6 is 0 Å². The second-order valence-corrected chi connectivity index (χ2v) is 13.7. The molecule has 0 saturated heterocycles. The number of furan rings is 1. The van der Waals surface area contributed by atoms with Crippen molar-refractivity contribution in [2.24, 2.45) is 11.8 Å². The van der Waals surface area contributed by atoms with Crippen LogP contribution < -0.4 is 0 Å². The van der Waals surface area contributed by atoms with Gasteiger partial charge in [-0.15, -0.1) is 53.1 Å². The molecule has 52 heavy (non-hydrogen) atoms. The van der Waals surface area contributed by atoms with E-state index in [-0.39, 0.29) is 47.9 Å². The molecule has 0 bridgehead atoms. The molecule has 0 aliphatic carbocycles. The van der Waals surface area contributed by atoms with Gasteiger partial charge in [0.25, 0.3) is 0 Å². The smallest absolute Gasteiger partial charge is 0.120 e. The van der Waals surface area contributed by atoms with Gasteiger partial charge in [-0.1, -0.05) is 131 Å².